The minimum Gasteiger partial charge on any atom is -0.469 e. The van der Waals surface area contributed by atoms with Crippen LogP contribution in [0.4, 0.5) is 4.79 Å². The molecule has 0 heterocycles. The van der Waals surface area contributed by atoms with Crippen LogP contribution in [0.15, 0.2) is 0 Å². The molecule has 5 nitrogen and oxygen atoms in total. The van der Waals surface area contributed by atoms with Gasteiger partial charge in [-0.3, -0.25) is 4.79 Å². The topological polar surface area (TPSA) is 64.6 Å². The summed E-state index contributed by atoms with van der Waals surface area (Å²) in [5, 5.41) is 2.44. The quantitative estimate of drug-likeness (QED) is 0.675. The Hall–Kier alpha value is -1.26. The lowest BCUT2D eigenvalue weighted by Gasteiger charge is -2.07. The van der Waals surface area contributed by atoms with Gasteiger partial charge in [-0.2, -0.15) is 0 Å². The first-order valence-electron chi connectivity index (χ1n) is 4.53. The van der Waals surface area contributed by atoms with E-state index in [1.54, 1.807) is 0 Å². The third-order valence-electron chi connectivity index (χ3n) is 1.37. The van der Waals surface area contributed by atoms with Crippen LogP contribution in [0.1, 0.15) is 20.3 Å². The van der Waals surface area contributed by atoms with Crippen LogP contribution in [-0.2, 0) is 14.3 Å². The number of rotatable bonds is 5. The summed E-state index contributed by atoms with van der Waals surface area (Å²) >= 11 is 0. The fraction of sp³-hybridized carbons (Fsp3) is 0.778. The zero-order chi connectivity index (χ0) is 11.0. The molecule has 0 aromatic carbocycles. The number of hydrogen-bond donors (Lipinski definition) is 1. The van der Waals surface area contributed by atoms with Crippen molar-refractivity contribution in [1.29, 1.82) is 0 Å². The fourth-order valence-electron chi connectivity index (χ4n) is 0.662. The van der Waals surface area contributed by atoms with Gasteiger partial charge in [0.25, 0.3) is 0 Å². The standard InChI is InChI=1S/C9H17NO4/c1-7(2)6-14-9(12)10-5-4-8(11)13-3/h7H,4-6H2,1-3H3,(H,10,12). The number of esters is 1. The number of methoxy groups -OCH3 is 1. The SMILES string of the molecule is COC(=O)CCNC(=O)OCC(C)C. The largest absolute Gasteiger partial charge is 0.469 e. The minimum atomic E-state index is -0.498. The van der Waals surface area contributed by atoms with Gasteiger partial charge in [-0.1, -0.05) is 13.8 Å². The summed E-state index contributed by atoms with van der Waals surface area (Å²) in [5.74, 6) is -0.0458. The molecule has 0 aliphatic rings. The Labute approximate surface area is 83.8 Å². The molecule has 82 valence electrons. The van der Waals surface area contributed by atoms with Crippen LogP contribution in [-0.4, -0.2) is 32.3 Å². The number of carbonyl (C=O) groups is 2. The molecule has 14 heavy (non-hydrogen) atoms. The molecular weight excluding hydrogens is 186 g/mol. The van der Waals surface area contributed by atoms with Gasteiger partial charge in [0.2, 0.25) is 0 Å². The molecule has 0 saturated carbocycles. The summed E-state index contributed by atoms with van der Waals surface area (Å²) in [6, 6.07) is 0. The molecule has 0 fully saturated rings. The zero-order valence-corrected chi connectivity index (χ0v) is 8.83. The Morgan fingerprint density at radius 1 is 1.36 bits per heavy atom. The van der Waals surface area contributed by atoms with E-state index >= 15 is 0 Å². The van der Waals surface area contributed by atoms with E-state index in [4.69, 9.17) is 4.74 Å². The van der Waals surface area contributed by atoms with E-state index in [1.807, 2.05) is 13.8 Å². The first-order valence-corrected chi connectivity index (χ1v) is 4.53. The Kier molecular flexibility index (Phi) is 6.53. The number of alkyl carbamates (subject to hydrolysis) is 1. The van der Waals surface area contributed by atoms with Gasteiger partial charge in [0.15, 0.2) is 0 Å². The lowest BCUT2D eigenvalue weighted by molar-refractivity contribution is -0.140. The molecule has 0 aliphatic heterocycles. The van der Waals surface area contributed by atoms with Crippen molar-refractivity contribution in [2.24, 2.45) is 5.92 Å². The van der Waals surface area contributed by atoms with Crippen LogP contribution in [0.25, 0.3) is 0 Å². The Bertz CT molecular complexity index is 191. The van der Waals surface area contributed by atoms with Crippen molar-refractivity contribution in [2.45, 2.75) is 20.3 Å². The summed E-state index contributed by atoms with van der Waals surface area (Å²) in [7, 11) is 1.30. The third-order valence-corrected chi connectivity index (χ3v) is 1.37. The smallest absolute Gasteiger partial charge is 0.407 e. The molecule has 0 spiro atoms. The summed E-state index contributed by atoms with van der Waals surface area (Å²) in [6.07, 6.45) is -0.338. The average Bonchev–Trinajstić information content (AvgIpc) is 2.14. The molecule has 5 heteroatoms. The first kappa shape index (κ1) is 12.7. The van der Waals surface area contributed by atoms with Crippen LogP contribution in [0, 0.1) is 5.92 Å². The number of carbonyl (C=O) groups excluding carboxylic acids is 2. The van der Waals surface area contributed by atoms with Crippen molar-refractivity contribution >= 4 is 12.1 Å². The molecule has 1 N–H and O–H groups in total. The van der Waals surface area contributed by atoms with Gasteiger partial charge in [-0.05, 0) is 5.92 Å². The second kappa shape index (κ2) is 7.17. The molecule has 0 bridgehead atoms. The Morgan fingerprint density at radius 2 is 2.00 bits per heavy atom. The van der Waals surface area contributed by atoms with E-state index in [-0.39, 0.29) is 18.9 Å². The van der Waals surface area contributed by atoms with Crippen LogP contribution in [0.3, 0.4) is 0 Å². The molecule has 0 aromatic rings. The van der Waals surface area contributed by atoms with Crippen molar-refractivity contribution in [3.63, 3.8) is 0 Å². The zero-order valence-electron chi connectivity index (χ0n) is 8.83. The summed E-state index contributed by atoms with van der Waals surface area (Å²) < 4.78 is 9.22. The normalized spacial score (nSPS) is 9.71. The molecule has 0 aromatic heterocycles. The highest BCUT2D eigenvalue weighted by Crippen LogP contribution is 1.92. The van der Waals surface area contributed by atoms with Gasteiger partial charge in [-0.15, -0.1) is 0 Å². The summed E-state index contributed by atoms with van der Waals surface area (Å²) in [4.78, 5) is 21.6. The predicted molar refractivity (Wildman–Crippen MR) is 50.8 cm³/mol. The fourth-order valence-corrected chi connectivity index (χ4v) is 0.662. The lowest BCUT2D eigenvalue weighted by Crippen LogP contribution is -2.28. The van der Waals surface area contributed by atoms with Crippen molar-refractivity contribution < 1.29 is 19.1 Å². The van der Waals surface area contributed by atoms with Gasteiger partial charge in [0.05, 0.1) is 20.1 Å². The number of amides is 1. The first-order chi connectivity index (χ1) is 6.56. The van der Waals surface area contributed by atoms with Crippen LogP contribution in [0.5, 0.6) is 0 Å². The maximum absolute atomic E-state index is 10.9. The maximum Gasteiger partial charge on any atom is 0.407 e. The lowest BCUT2D eigenvalue weighted by atomic mass is 10.2. The second-order valence-corrected chi connectivity index (χ2v) is 3.25. The minimum absolute atomic E-state index is 0.160. The second-order valence-electron chi connectivity index (χ2n) is 3.25. The number of hydrogen-bond acceptors (Lipinski definition) is 4. The van der Waals surface area contributed by atoms with Crippen LogP contribution >= 0.6 is 0 Å². The van der Waals surface area contributed by atoms with Crippen LogP contribution < -0.4 is 5.32 Å². The number of nitrogens with one attached hydrogen (secondary N) is 1. The van der Waals surface area contributed by atoms with Crippen LogP contribution in [0.2, 0.25) is 0 Å². The van der Waals surface area contributed by atoms with Gasteiger partial charge in [-0.25, -0.2) is 4.79 Å². The van der Waals surface area contributed by atoms with Gasteiger partial charge in [0.1, 0.15) is 0 Å². The van der Waals surface area contributed by atoms with Gasteiger partial charge < -0.3 is 14.8 Å². The van der Waals surface area contributed by atoms with Gasteiger partial charge in [0, 0.05) is 6.54 Å². The van der Waals surface area contributed by atoms with Crippen molar-refractivity contribution in [3.8, 4) is 0 Å². The average molecular weight is 203 g/mol. The highest BCUT2D eigenvalue weighted by Gasteiger charge is 2.04. The van der Waals surface area contributed by atoms with E-state index in [0.717, 1.165) is 0 Å². The number of ether oxygens (including phenoxy) is 2. The van der Waals surface area contributed by atoms with Crippen molar-refractivity contribution in [1.82, 2.24) is 5.32 Å². The maximum atomic E-state index is 10.9. The Balaban J connectivity index is 3.40. The highest BCUT2D eigenvalue weighted by molar-refractivity contribution is 5.71. The molecular formula is C9H17NO4. The summed E-state index contributed by atoms with van der Waals surface area (Å²) in [6.45, 7) is 4.51. The monoisotopic (exact) mass is 203 g/mol. The highest BCUT2D eigenvalue weighted by atomic mass is 16.5. The molecule has 0 unspecified atom stereocenters. The molecule has 0 rings (SSSR count). The van der Waals surface area contributed by atoms with E-state index < -0.39 is 6.09 Å². The summed E-state index contributed by atoms with van der Waals surface area (Å²) in [5.41, 5.74) is 0. The van der Waals surface area contributed by atoms with E-state index in [1.165, 1.54) is 7.11 Å². The van der Waals surface area contributed by atoms with E-state index in [9.17, 15) is 9.59 Å². The molecule has 0 radical (unpaired) electrons. The predicted octanol–water partition coefficient (Wildman–Crippen LogP) is 0.932. The molecule has 1 amide bonds. The Morgan fingerprint density at radius 3 is 2.50 bits per heavy atom. The van der Waals surface area contributed by atoms with Gasteiger partial charge >= 0.3 is 12.1 Å². The van der Waals surface area contributed by atoms with E-state index in [0.29, 0.717) is 12.5 Å². The third kappa shape index (κ3) is 7.39. The molecule has 0 atom stereocenters. The van der Waals surface area contributed by atoms with Crippen molar-refractivity contribution in [2.75, 3.05) is 20.3 Å². The molecule has 0 aliphatic carbocycles. The molecule has 0 saturated heterocycles. The van der Waals surface area contributed by atoms with E-state index in [2.05, 4.69) is 10.1 Å². The van der Waals surface area contributed by atoms with Crippen molar-refractivity contribution in [3.05, 3.63) is 0 Å².